The molecule has 0 aromatic heterocycles. The summed E-state index contributed by atoms with van der Waals surface area (Å²) in [4.78, 5) is 18.0. The monoisotopic (exact) mass is 306 g/mol. The average molecular weight is 306 g/mol. The number of ether oxygens (including phenoxy) is 1. The Hall–Kier alpha value is -1.04. The van der Waals surface area contributed by atoms with Crippen molar-refractivity contribution >= 4 is 23.4 Å². The maximum atomic E-state index is 12.7. The summed E-state index contributed by atoms with van der Waals surface area (Å²) >= 11 is 1.83. The van der Waals surface area contributed by atoms with E-state index in [-0.39, 0.29) is 18.1 Å². The van der Waals surface area contributed by atoms with E-state index in [1.807, 2.05) is 34.9 Å². The maximum Gasteiger partial charge on any atom is 0.241 e. The molecule has 114 valence electrons. The van der Waals surface area contributed by atoms with E-state index in [1.54, 1.807) is 0 Å². The Morgan fingerprint density at radius 1 is 1.29 bits per heavy atom. The molecule has 2 aliphatic rings. The van der Waals surface area contributed by atoms with Crippen molar-refractivity contribution in [3.05, 3.63) is 24.3 Å². The van der Waals surface area contributed by atoms with Crippen LogP contribution < -0.4 is 4.90 Å². The van der Waals surface area contributed by atoms with Crippen molar-refractivity contribution in [3.8, 4) is 0 Å². The highest BCUT2D eigenvalue weighted by Crippen LogP contribution is 2.34. The largest absolute Gasteiger partial charge is 0.373 e. The zero-order valence-corrected chi connectivity index (χ0v) is 13.4. The van der Waals surface area contributed by atoms with Gasteiger partial charge in [0.1, 0.15) is 0 Å². The van der Waals surface area contributed by atoms with Gasteiger partial charge in [0.25, 0.3) is 0 Å². The molecular weight excluding hydrogens is 284 g/mol. The minimum absolute atomic E-state index is 0.198. The predicted molar refractivity (Wildman–Crippen MR) is 86.0 cm³/mol. The van der Waals surface area contributed by atoms with E-state index in [0.29, 0.717) is 6.54 Å². The van der Waals surface area contributed by atoms with Crippen LogP contribution in [0.2, 0.25) is 0 Å². The van der Waals surface area contributed by atoms with Crippen LogP contribution in [0.15, 0.2) is 29.2 Å². The van der Waals surface area contributed by atoms with E-state index >= 15 is 0 Å². The number of carbonyl (C=O) groups is 1. The highest BCUT2D eigenvalue weighted by atomic mass is 32.2. The lowest BCUT2D eigenvalue weighted by atomic mass is 10.2. The van der Waals surface area contributed by atoms with Crippen molar-refractivity contribution in [2.45, 2.75) is 31.0 Å². The predicted octanol–water partition coefficient (Wildman–Crippen LogP) is 2.23. The number of hydrogen-bond donors (Lipinski definition) is 0. The SMILES string of the molecule is C[C@H]1CN(CC(=O)N2CCSc3ccccc32)C[C@H](C)O1. The summed E-state index contributed by atoms with van der Waals surface area (Å²) in [5.74, 6) is 1.17. The molecule has 1 aromatic carbocycles. The fraction of sp³-hybridized carbons (Fsp3) is 0.562. The molecule has 0 radical (unpaired) electrons. The number of para-hydroxylation sites is 1. The summed E-state index contributed by atoms with van der Waals surface area (Å²) in [6.45, 7) is 7.09. The van der Waals surface area contributed by atoms with Gasteiger partial charge in [-0.3, -0.25) is 9.69 Å². The molecule has 21 heavy (non-hydrogen) atoms. The quantitative estimate of drug-likeness (QED) is 0.839. The highest BCUT2D eigenvalue weighted by Gasteiger charge is 2.28. The Labute approximate surface area is 130 Å². The first kappa shape index (κ1) is 14.9. The van der Waals surface area contributed by atoms with Crippen LogP contribution in [-0.2, 0) is 9.53 Å². The van der Waals surface area contributed by atoms with E-state index in [1.165, 1.54) is 4.90 Å². The van der Waals surface area contributed by atoms with Gasteiger partial charge in [-0.2, -0.15) is 0 Å². The molecule has 2 atom stereocenters. The van der Waals surface area contributed by atoms with Crippen molar-refractivity contribution in [1.29, 1.82) is 0 Å². The second kappa shape index (κ2) is 6.38. The van der Waals surface area contributed by atoms with Gasteiger partial charge in [-0.1, -0.05) is 12.1 Å². The molecule has 0 unspecified atom stereocenters. The van der Waals surface area contributed by atoms with Crippen LogP contribution in [-0.4, -0.2) is 54.9 Å². The second-order valence-electron chi connectivity index (χ2n) is 5.81. The van der Waals surface area contributed by atoms with Gasteiger partial charge in [0.2, 0.25) is 5.91 Å². The zero-order chi connectivity index (χ0) is 14.8. The van der Waals surface area contributed by atoms with Gasteiger partial charge in [-0.25, -0.2) is 0 Å². The standard InChI is InChI=1S/C16H22N2O2S/c1-12-9-17(10-13(2)20-12)11-16(19)18-7-8-21-15-6-4-3-5-14(15)18/h3-6,12-13H,7-11H2,1-2H3/t12-,13-/m0/s1. The second-order valence-corrected chi connectivity index (χ2v) is 6.95. The van der Waals surface area contributed by atoms with Gasteiger partial charge < -0.3 is 9.64 Å². The molecule has 0 bridgehead atoms. The van der Waals surface area contributed by atoms with Crippen LogP contribution in [0, 0.1) is 0 Å². The topological polar surface area (TPSA) is 32.8 Å². The van der Waals surface area contributed by atoms with E-state index in [2.05, 4.69) is 24.8 Å². The van der Waals surface area contributed by atoms with Crippen LogP contribution in [0.3, 0.4) is 0 Å². The van der Waals surface area contributed by atoms with Crippen molar-refractivity contribution in [1.82, 2.24) is 4.90 Å². The number of hydrogen-bond acceptors (Lipinski definition) is 4. The normalized spacial score (nSPS) is 26.5. The molecule has 5 heteroatoms. The number of amides is 1. The minimum atomic E-state index is 0.198. The molecule has 0 N–H and O–H groups in total. The minimum Gasteiger partial charge on any atom is -0.373 e. The number of fused-ring (bicyclic) bond motifs is 1. The van der Waals surface area contributed by atoms with Crippen LogP contribution >= 0.6 is 11.8 Å². The summed E-state index contributed by atoms with van der Waals surface area (Å²) in [6.07, 6.45) is 0.400. The molecule has 2 aliphatic heterocycles. The molecule has 0 spiro atoms. The Kier molecular flexibility index (Phi) is 4.52. The Morgan fingerprint density at radius 2 is 2.00 bits per heavy atom. The number of anilines is 1. The molecular formula is C16H22N2O2S. The number of carbonyl (C=O) groups excluding carboxylic acids is 1. The van der Waals surface area contributed by atoms with Gasteiger partial charge in [0.15, 0.2) is 0 Å². The van der Waals surface area contributed by atoms with E-state index in [0.717, 1.165) is 31.1 Å². The molecule has 0 saturated carbocycles. The lowest BCUT2D eigenvalue weighted by molar-refractivity contribution is -0.123. The van der Waals surface area contributed by atoms with E-state index in [9.17, 15) is 4.79 Å². The lowest BCUT2D eigenvalue weighted by Crippen LogP contribution is -2.50. The van der Waals surface area contributed by atoms with Crippen molar-refractivity contribution in [2.24, 2.45) is 0 Å². The maximum absolute atomic E-state index is 12.7. The molecule has 1 aromatic rings. The molecule has 1 saturated heterocycles. The van der Waals surface area contributed by atoms with E-state index in [4.69, 9.17) is 4.74 Å². The number of benzene rings is 1. The molecule has 1 fully saturated rings. The highest BCUT2D eigenvalue weighted by molar-refractivity contribution is 7.99. The lowest BCUT2D eigenvalue weighted by Gasteiger charge is -2.36. The third-order valence-corrected chi connectivity index (χ3v) is 4.93. The smallest absolute Gasteiger partial charge is 0.241 e. The Balaban J connectivity index is 1.69. The number of thioether (sulfide) groups is 1. The van der Waals surface area contributed by atoms with Crippen LogP contribution in [0.25, 0.3) is 0 Å². The third-order valence-electron chi connectivity index (χ3n) is 3.88. The number of rotatable bonds is 2. The molecule has 1 amide bonds. The summed E-state index contributed by atoms with van der Waals surface area (Å²) in [6, 6.07) is 8.18. The van der Waals surface area contributed by atoms with Gasteiger partial charge >= 0.3 is 0 Å². The Morgan fingerprint density at radius 3 is 2.76 bits per heavy atom. The van der Waals surface area contributed by atoms with Gasteiger partial charge in [-0.15, -0.1) is 11.8 Å². The number of morpholine rings is 1. The summed E-state index contributed by atoms with van der Waals surface area (Å²) in [5.41, 5.74) is 1.06. The van der Waals surface area contributed by atoms with Crippen molar-refractivity contribution < 1.29 is 9.53 Å². The summed E-state index contributed by atoms with van der Waals surface area (Å²) < 4.78 is 5.73. The first-order chi connectivity index (χ1) is 10.1. The summed E-state index contributed by atoms with van der Waals surface area (Å²) in [5, 5.41) is 0. The first-order valence-electron chi connectivity index (χ1n) is 7.53. The molecule has 3 rings (SSSR count). The fourth-order valence-corrected chi connectivity index (χ4v) is 4.11. The molecule has 2 heterocycles. The van der Waals surface area contributed by atoms with Crippen LogP contribution in [0.5, 0.6) is 0 Å². The van der Waals surface area contributed by atoms with Gasteiger partial charge in [-0.05, 0) is 26.0 Å². The van der Waals surface area contributed by atoms with Crippen molar-refractivity contribution in [2.75, 3.05) is 36.8 Å². The van der Waals surface area contributed by atoms with Crippen LogP contribution in [0.1, 0.15) is 13.8 Å². The zero-order valence-electron chi connectivity index (χ0n) is 12.6. The summed E-state index contributed by atoms with van der Waals surface area (Å²) in [7, 11) is 0. The first-order valence-corrected chi connectivity index (χ1v) is 8.52. The molecule has 4 nitrogen and oxygen atoms in total. The average Bonchev–Trinajstić information content (AvgIpc) is 2.45. The Bertz CT molecular complexity index is 513. The van der Waals surface area contributed by atoms with Gasteiger partial charge in [0.05, 0.1) is 24.4 Å². The van der Waals surface area contributed by atoms with Crippen molar-refractivity contribution in [3.63, 3.8) is 0 Å². The third kappa shape index (κ3) is 3.42. The van der Waals surface area contributed by atoms with Crippen LogP contribution in [0.4, 0.5) is 5.69 Å². The number of nitrogens with zero attached hydrogens (tertiary/aromatic N) is 2. The fourth-order valence-electron chi connectivity index (χ4n) is 3.12. The van der Waals surface area contributed by atoms with Gasteiger partial charge in [0, 0.05) is 30.3 Å². The molecule has 0 aliphatic carbocycles. The van der Waals surface area contributed by atoms with E-state index < -0.39 is 0 Å².